The van der Waals surface area contributed by atoms with E-state index in [0.717, 1.165) is 22.2 Å². The molecule has 1 aliphatic carbocycles. The largest absolute Gasteiger partial charge is 0.481 e. The van der Waals surface area contributed by atoms with Crippen LogP contribution in [0.4, 0.5) is 0 Å². The lowest BCUT2D eigenvalue weighted by atomic mass is 9.97. The summed E-state index contributed by atoms with van der Waals surface area (Å²) >= 11 is 5.05. The lowest BCUT2D eigenvalue weighted by molar-refractivity contribution is -0.139. The van der Waals surface area contributed by atoms with Crippen LogP contribution in [0.3, 0.4) is 0 Å². The van der Waals surface area contributed by atoms with E-state index in [1.54, 1.807) is 11.3 Å². The molecule has 76 valence electrons. The summed E-state index contributed by atoms with van der Waals surface area (Å²) in [5, 5.41) is 9.15. The fraction of sp³-hybridized carbons (Fsp3) is 0.500. The minimum absolute atomic E-state index is 0.297. The fourth-order valence-corrected chi connectivity index (χ4v) is 3.64. The Morgan fingerprint density at radius 3 is 2.71 bits per heavy atom. The van der Waals surface area contributed by atoms with Gasteiger partial charge in [-0.3, -0.25) is 4.79 Å². The van der Waals surface area contributed by atoms with Crippen molar-refractivity contribution in [2.75, 3.05) is 0 Å². The predicted molar refractivity (Wildman–Crippen MR) is 59.9 cm³/mol. The zero-order valence-corrected chi connectivity index (χ0v) is 10.2. The number of carbonyl (C=O) groups is 1. The van der Waals surface area contributed by atoms with Crippen LogP contribution in [-0.2, 0) is 4.79 Å². The van der Waals surface area contributed by atoms with Gasteiger partial charge in [0.25, 0.3) is 0 Å². The van der Waals surface area contributed by atoms with Gasteiger partial charge in [-0.1, -0.05) is 0 Å². The molecule has 0 bridgehead atoms. The number of carboxylic acid groups (broad SMARTS) is 1. The molecule has 1 aromatic rings. The fourth-order valence-electron chi connectivity index (χ4n) is 1.74. The molecule has 0 aromatic carbocycles. The number of carboxylic acids is 1. The van der Waals surface area contributed by atoms with Crippen LogP contribution < -0.4 is 0 Å². The van der Waals surface area contributed by atoms with Gasteiger partial charge in [0.15, 0.2) is 0 Å². The van der Waals surface area contributed by atoms with E-state index in [1.165, 1.54) is 4.88 Å². The van der Waals surface area contributed by atoms with Crippen molar-refractivity contribution in [3.05, 3.63) is 20.3 Å². The maximum atomic E-state index is 11.1. The second kappa shape index (κ2) is 3.66. The summed E-state index contributed by atoms with van der Waals surface area (Å²) < 4.78 is 0.981. The zero-order valence-electron chi connectivity index (χ0n) is 7.79. The zero-order chi connectivity index (χ0) is 10.3. The summed E-state index contributed by atoms with van der Waals surface area (Å²) in [5.74, 6) is -0.627. The molecule has 4 heteroatoms. The van der Waals surface area contributed by atoms with Crippen molar-refractivity contribution in [2.45, 2.75) is 25.7 Å². The van der Waals surface area contributed by atoms with Crippen molar-refractivity contribution < 1.29 is 9.90 Å². The van der Waals surface area contributed by atoms with Gasteiger partial charge in [0.2, 0.25) is 0 Å². The normalized spacial score (nSPS) is 18.1. The first-order valence-electron chi connectivity index (χ1n) is 4.58. The molecule has 1 N–H and O–H groups in total. The number of halogens is 1. The second-order valence-corrected chi connectivity index (χ2v) is 6.31. The minimum Gasteiger partial charge on any atom is -0.481 e. The molecule has 1 saturated carbocycles. The first kappa shape index (κ1) is 10.2. The van der Waals surface area contributed by atoms with E-state index in [1.807, 2.05) is 13.0 Å². The number of aliphatic carboxylic acids is 1. The first-order chi connectivity index (χ1) is 6.59. The maximum Gasteiger partial charge on any atom is 0.311 e. The molecule has 1 aromatic heterocycles. The molecular formula is C10H11BrO2S. The highest BCUT2D eigenvalue weighted by molar-refractivity contribution is 9.11. The van der Waals surface area contributed by atoms with Crippen LogP contribution >= 0.6 is 27.3 Å². The van der Waals surface area contributed by atoms with E-state index >= 15 is 0 Å². The summed E-state index contributed by atoms with van der Waals surface area (Å²) in [6.07, 6.45) is 2.11. The number of thiophene rings is 1. The number of hydrogen-bond acceptors (Lipinski definition) is 2. The summed E-state index contributed by atoms with van der Waals surface area (Å²) in [4.78, 5) is 12.3. The van der Waals surface area contributed by atoms with Crippen LogP contribution in [0.2, 0.25) is 0 Å². The topological polar surface area (TPSA) is 37.3 Å². The average Bonchev–Trinajstić information content (AvgIpc) is 2.81. The van der Waals surface area contributed by atoms with Crippen molar-refractivity contribution in [2.24, 2.45) is 5.92 Å². The molecule has 0 saturated heterocycles. The van der Waals surface area contributed by atoms with E-state index in [2.05, 4.69) is 15.9 Å². The van der Waals surface area contributed by atoms with E-state index < -0.39 is 5.97 Å². The Morgan fingerprint density at radius 1 is 1.71 bits per heavy atom. The quantitative estimate of drug-likeness (QED) is 0.918. The lowest BCUT2D eigenvalue weighted by Gasteiger charge is -2.09. The third kappa shape index (κ3) is 1.86. The minimum atomic E-state index is -0.689. The molecule has 2 nitrogen and oxygen atoms in total. The van der Waals surface area contributed by atoms with E-state index in [-0.39, 0.29) is 5.92 Å². The Morgan fingerprint density at radius 2 is 2.36 bits per heavy atom. The van der Waals surface area contributed by atoms with Crippen molar-refractivity contribution in [1.29, 1.82) is 0 Å². The highest BCUT2D eigenvalue weighted by Gasteiger charge is 2.38. The molecule has 0 spiro atoms. The monoisotopic (exact) mass is 274 g/mol. The van der Waals surface area contributed by atoms with Gasteiger partial charge in [-0.05, 0) is 53.2 Å². The number of aryl methyl sites for hydroxylation is 1. The lowest BCUT2D eigenvalue weighted by Crippen LogP contribution is -2.13. The Bertz CT molecular complexity index is 368. The van der Waals surface area contributed by atoms with Crippen molar-refractivity contribution in [1.82, 2.24) is 0 Å². The smallest absolute Gasteiger partial charge is 0.311 e. The van der Waals surface area contributed by atoms with Gasteiger partial charge >= 0.3 is 5.97 Å². The molecule has 1 aliphatic rings. The van der Waals surface area contributed by atoms with E-state index in [0.29, 0.717) is 5.92 Å². The summed E-state index contributed by atoms with van der Waals surface area (Å²) in [6.45, 7) is 2.00. The number of hydrogen-bond donors (Lipinski definition) is 1. The Labute approximate surface area is 95.1 Å². The Balaban J connectivity index is 2.34. The summed E-state index contributed by atoms with van der Waals surface area (Å²) in [5.41, 5.74) is 0.961. The molecule has 1 unspecified atom stereocenters. The average molecular weight is 275 g/mol. The Kier molecular flexibility index (Phi) is 2.66. The maximum absolute atomic E-state index is 11.1. The molecule has 1 fully saturated rings. The molecule has 0 aliphatic heterocycles. The van der Waals surface area contributed by atoms with Crippen molar-refractivity contribution in [3.63, 3.8) is 0 Å². The van der Waals surface area contributed by atoms with Crippen LogP contribution in [0.1, 0.15) is 29.2 Å². The van der Waals surface area contributed by atoms with Gasteiger partial charge in [0, 0.05) is 4.88 Å². The van der Waals surface area contributed by atoms with Crippen LogP contribution in [0, 0.1) is 12.8 Å². The SMILES string of the molecule is Cc1cc(C(C(=O)O)C2CC2)c(Br)s1. The van der Waals surface area contributed by atoms with Crippen LogP contribution in [0.15, 0.2) is 9.85 Å². The van der Waals surface area contributed by atoms with Gasteiger partial charge in [0.1, 0.15) is 0 Å². The van der Waals surface area contributed by atoms with Gasteiger partial charge in [-0.15, -0.1) is 11.3 Å². The van der Waals surface area contributed by atoms with Crippen molar-refractivity contribution >= 4 is 33.2 Å². The molecule has 0 radical (unpaired) electrons. The Hall–Kier alpha value is -0.350. The first-order valence-corrected chi connectivity index (χ1v) is 6.19. The third-order valence-corrected chi connectivity index (χ3v) is 4.33. The highest BCUT2D eigenvalue weighted by Crippen LogP contribution is 2.46. The van der Waals surface area contributed by atoms with Crippen LogP contribution in [0.25, 0.3) is 0 Å². The van der Waals surface area contributed by atoms with Gasteiger partial charge < -0.3 is 5.11 Å². The van der Waals surface area contributed by atoms with Gasteiger partial charge in [0.05, 0.1) is 9.70 Å². The van der Waals surface area contributed by atoms with Crippen LogP contribution in [0.5, 0.6) is 0 Å². The second-order valence-electron chi connectivity index (χ2n) is 3.74. The molecule has 2 rings (SSSR count). The predicted octanol–water partition coefficient (Wildman–Crippen LogP) is 3.40. The summed E-state index contributed by atoms with van der Waals surface area (Å²) in [6, 6.07) is 1.99. The third-order valence-electron chi connectivity index (χ3n) is 2.53. The molecule has 0 amide bonds. The van der Waals surface area contributed by atoms with Crippen molar-refractivity contribution in [3.8, 4) is 0 Å². The summed E-state index contributed by atoms with van der Waals surface area (Å²) in [7, 11) is 0. The molecule has 14 heavy (non-hydrogen) atoms. The molecular weight excluding hydrogens is 264 g/mol. The van der Waals surface area contributed by atoms with Gasteiger partial charge in [-0.25, -0.2) is 0 Å². The molecule has 1 atom stereocenters. The highest BCUT2D eigenvalue weighted by atomic mass is 79.9. The van der Waals surface area contributed by atoms with E-state index in [4.69, 9.17) is 5.11 Å². The number of rotatable bonds is 3. The van der Waals surface area contributed by atoms with E-state index in [9.17, 15) is 4.79 Å². The van der Waals surface area contributed by atoms with Gasteiger partial charge in [-0.2, -0.15) is 0 Å². The standard InChI is InChI=1S/C10H11BrO2S/c1-5-4-7(9(11)14-5)8(10(12)13)6-2-3-6/h4,6,8H,2-3H2,1H3,(H,12,13). The molecule has 1 heterocycles. The van der Waals surface area contributed by atoms with Crippen LogP contribution in [-0.4, -0.2) is 11.1 Å².